The molecule has 0 spiro atoms. The van der Waals surface area contributed by atoms with Gasteiger partial charge in [0, 0.05) is 19.2 Å². The average Bonchev–Trinajstić information content (AvgIpc) is 2.59. The van der Waals surface area contributed by atoms with Crippen LogP contribution in [-0.4, -0.2) is 48.5 Å². The van der Waals surface area contributed by atoms with Gasteiger partial charge in [0.2, 0.25) is 0 Å². The van der Waals surface area contributed by atoms with Gasteiger partial charge in [-0.2, -0.15) is 0 Å². The van der Waals surface area contributed by atoms with Gasteiger partial charge in [-0.1, -0.05) is 6.07 Å². The average molecular weight is 336 g/mol. The third-order valence-electron chi connectivity index (χ3n) is 4.04. The minimum Gasteiger partial charge on any atom is -0.477 e. The Morgan fingerprint density at radius 2 is 2.00 bits per heavy atom. The molecule has 0 aliphatic carbocycles. The number of carbonyl (C=O) groups excluding carboxylic acids is 2. The van der Waals surface area contributed by atoms with Crippen molar-refractivity contribution in [3.8, 4) is 5.75 Å². The van der Waals surface area contributed by atoms with E-state index in [-0.39, 0.29) is 35.8 Å². The molecule has 0 atom stereocenters. The summed E-state index contributed by atoms with van der Waals surface area (Å²) in [6.07, 6.45) is 1.09. The highest BCUT2D eigenvalue weighted by Gasteiger charge is 2.28. The van der Waals surface area contributed by atoms with E-state index in [1.54, 1.807) is 17.9 Å². The Morgan fingerprint density at radius 1 is 1.33 bits per heavy atom. The van der Waals surface area contributed by atoms with Crippen LogP contribution in [0.15, 0.2) is 18.2 Å². The smallest absolute Gasteiger partial charge is 0.311 e. The molecule has 24 heavy (non-hydrogen) atoms. The molecule has 130 valence electrons. The van der Waals surface area contributed by atoms with Crippen LogP contribution in [0, 0.1) is 23.0 Å². The summed E-state index contributed by atoms with van der Waals surface area (Å²) in [4.78, 5) is 35.7. The Kier molecular flexibility index (Phi) is 5.73. The maximum Gasteiger partial charge on any atom is 0.311 e. The van der Waals surface area contributed by atoms with E-state index in [0.29, 0.717) is 25.9 Å². The fourth-order valence-electron chi connectivity index (χ4n) is 2.65. The molecular weight excluding hydrogens is 316 g/mol. The Hall–Kier alpha value is -2.64. The van der Waals surface area contributed by atoms with Gasteiger partial charge in [-0.05, 0) is 31.4 Å². The van der Waals surface area contributed by atoms with Crippen molar-refractivity contribution in [1.29, 1.82) is 0 Å². The van der Waals surface area contributed by atoms with Crippen molar-refractivity contribution in [2.45, 2.75) is 19.8 Å². The number of hydrogen-bond donors (Lipinski definition) is 0. The van der Waals surface area contributed by atoms with E-state index in [2.05, 4.69) is 0 Å². The summed E-state index contributed by atoms with van der Waals surface area (Å²) >= 11 is 0. The maximum absolute atomic E-state index is 12.2. The van der Waals surface area contributed by atoms with E-state index >= 15 is 0 Å². The number of piperidine rings is 1. The number of amides is 1. The Balaban J connectivity index is 1.91. The van der Waals surface area contributed by atoms with Crippen LogP contribution in [0.2, 0.25) is 0 Å². The molecule has 0 radical (unpaired) electrons. The number of esters is 1. The van der Waals surface area contributed by atoms with Gasteiger partial charge >= 0.3 is 11.7 Å². The molecule has 1 fully saturated rings. The number of benzene rings is 1. The number of likely N-dealkylation sites (tertiary alicyclic amines) is 1. The van der Waals surface area contributed by atoms with Crippen LogP contribution in [0.5, 0.6) is 5.75 Å². The predicted molar refractivity (Wildman–Crippen MR) is 84.6 cm³/mol. The van der Waals surface area contributed by atoms with Crippen LogP contribution >= 0.6 is 0 Å². The van der Waals surface area contributed by atoms with Crippen molar-refractivity contribution in [2.24, 2.45) is 5.92 Å². The van der Waals surface area contributed by atoms with E-state index in [1.807, 2.05) is 0 Å². The molecule has 0 aromatic heterocycles. The summed E-state index contributed by atoms with van der Waals surface area (Å²) in [5.41, 5.74) is 0.581. The topological polar surface area (TPSA) is 99.0 Å². The van der Waals surface area contributed by atoms with Crippen molar-refractivity contribution in [1.82, 2.24) is 4.90 Å². The van der Waals surface area contributed by atoms with Gasteiger partial charge < -0.3 is 14.4 Å². The zero-order valence-corrected chi connectivity index (χ0v) is 13.7. The first-order valence-electron chi connectivity index (χ1n) is 7.65. The molecular formula is C16H20N2O6. The first-order chi connectivity index (χ1) is 11.4. The van der Waals surface area contributed by atoms with Gasteiger partial charge in [-0.25, -0.2) is 0 Å². The molecule has 2 rings (SSSR count). The number of hydrogen-bond acceptors (Lipinski definition) is 6. The SMILES string of the molecule is COC(=O)C1CCN(C(=O)COc2ccc(C)cc2[N+](=O)[O-])CC1. The summed E-state index contributed by atoms with van der Waals surface area (Å²) in [6, 6.07) is 4.58. The molecule has 0 unspecified atom stereocenters. The zero-order chi connectivity index (χ0) is 17.7. The highest BCUT2D eigenvalue weighted by atomic mass is 16.6. The third-order valence-corrected chi connectivity index (χ3v) is 4.04. The fourth-order valence-corrected chi connectivity index (χ4v) is 2.65. The second-order valence-electron chi connectivity index (χ2n) is 5.70. The fraction of sp³-hybridized carbons (Fsp3) is 0.500. The van der Waals surface area contributed by atoms with Crippen molar-refractivity contribution >= 4 is 17.6 Å². The number of rotatable bonds is 5. The molecule has 1 heterocycles. The minimum absolute atomic E-state index is 0.0726. The number of nitrogens with zero attached hydrogens (tertiary/aromatic N) is 2. The molecule has 1 aromatic rings. The van der Waals surface area contributed by atoms with Crippen molar-refractivity contribution in [2.75, 3.05) is 26.8 Å². The lowest BCUT2D eigenvalue weighted by molar-refractivity contribution is -0.385. The van der Waals surface area contributed by atoms with Crippen molar-refractivity contribution in [3.63, 3.8) is 0 Å². The molecule has 1 aromatic carbocycles. The summed E-state index contributed by atoms with van der Waals surface area (Å²) < 4.78 is 10.0. The van der Waals surface area contributed by atoms with E-state index in [1.165, 1.54) is 19.2 Å². The molecule has 0 bridgehead atoms. The number of methoxy groups -OCH3 is 1. The number of aryl methyl sites for hydroxylation is 1. The summed E-state index contributed by atoms with van der Waals surface area (Å²) in [5.74, 6) is -0.622. The standard InChI is InChI=1S/C16H20N2O6/c1-11-3-4-14(13(9-11)18(21)22)24-10-15(19)17-7-5-12(6-8-17)16(20)23-2/h3-4,9,12H,5-8,10H2,1-2H3. The van der Waals surface area contributed by atoms with Crippen molar-refractivity contribution < 1.29 is 24.0 Å². The maximum atomic E-state index is 12.2. The lowest BCUT2D eigenvalue weighted by Gasteiger charge is -2.30. The van der Waals surface area contributed by atoms with Crippen LogP contribution in [0.4, 0.5) is 5.69 Å². The second-order valence-corrected chi connectivity index (χ2v) is 5.70. The Morgan fingerprint density at radius 3 is 2.58 bits per heavy atom. The number of nitro groups is 1. The van der Waals surface area contributed by atoms with Gasteiger partial charge in [0.05, 0.1) is 18.0 Å². The normalized spacial score (nSPS) is 15.0. The molecule has 1 saturated heterocycles. The van der Waals surface area contributed by atoms with Gasteiger partial charge in [0.1, 0.15) is 0 Å². The Labute approximate surface area is 139 Å². The lowest BCUT2D eigenvalue weighted by Crippen LogP contribution is -2.42. The number of ether oxygens (including phenoxy) is 2. The summed E-state index contributed by atoms with van der Waals surface area (Å²) in [6.45, 7) is 2.36. The van der Waals surface area contributed by atoms with Gasteiger partial charge in [0.15, 0.2) is 12.4 Å². The first-order valence-corrected chi connectivity index (χ1v) is 7.65. The Bertz CT molecular complexity index is 637. The summed E-state index contributed by atoms with van der Waals surface area (Å²) in [5, 5.41) is 11.0. The predicted octanol–water partition coefficient (Wildman–Crippen LogP) is 1.69. The molecule has 8 heteroatoms. The van der Waals surface area contributed by atoms with E-state index in [0.717, 1.165) is 5.56 Å². The van der Waals surface area contributed by atoms with Crippen LogP contribution in [0.3, 0.4) is 0 Å². The largest absolute Gasteiger partial charge is 0.477 e. The molecule has 1 aliphatic heterocycles. The first kappa shape index (κ1) is 17.7. The highest BCUT2D eigenvalue weighted by Crippen LogP contribution is 2.28. The van der Waals surface area contributed by atoms with Crippen molar-refractivity contribution in [3.05, 3.63) is 33.9 Å². The zero-order valence-electron chi connectivity index (χ0n) is 13.7. The van der Waals surface area contributed by atoms with E-state index < -0.39 is 4.92 Å². The van der Waals surface area contributed by atoms with Crippen LogP contribution in [0.1, 0.15) is 18.4 Å². The van der Waals surface area contributed by atoms with E-state index in [4.69, 9.17) is 9.47 Å². The van der Waals surface area contributed by atoms with Gasteiger partial charge in [0.25, 0.3) is 5.91 Å². The monoisotopic (exact) mass is 336 g/mol. The van der Waals surface area contributed by atoms with Crippen LogP contribution in [0.25, 0.3) is 0 Å². The van der Waals surface area contributed by atoms with E-state index in [9.17, 15) is 19.7 Å². The molecule has 1 amide bonds. The lowest BCUT2D eigenvalue weighted by atomic mass is 9.97. The second kappa shape index (κ2) is 7.76. The van der Waals surface area contributed by atoms with Gasteiger partial charge in [-0.15, -0.1) is 0 Å². The quantitative estimate of drug-likeness (QED) is 0.461. The third kappa shape index (κ3) is 4.21. The van der Waals surface area contributed by atoms with Crippen LogP contribution < -0.4 is 4.74 Å². The minimum atomic E-state index is -0.533. The number of nitro benzene ring substituents is 1. The van der Waals surface area contributed by atoms with Gasteiger partial charge in [-0.3, -0.25) is 19.7 Å². The van der Waals surface area contributed by atoms with Crippen LogP contribution in [-0.2, 0) is 14.3 Å². The molecule has 0 saturated carbocycles. The highest BCUT2D eigenvalue weighted by molar-refractivity contribution is 5.78. The molecule has 1 aliphatic rings. The summed E-state index contributed by atoms with van der Waals surface area (Å²) in [7, 11) is 1.35. The molecule has 0 N–H and O–H groups in total. The number of carbonyl (C=O) groups is 2. The molecule has 8 nitrogen and oxygen atoms in total.